The molecule has 0 aromatic heterocycles. The standard InChI is InChI=1S/C11H20N2/c1-9(2)6-11(3,8-12)13-7-10-4-5-10/h9-10,13H,4-7H2,1-3H3. The summed E-state index contributed by atoms with van der Waals surface area (Å²) in [7, 11) is 0. The summed E-state index contributed by atoms with van der Waals surface area (Å²) in [4.78, 5) is 0. The third kappa shape index (κ3) is 3.78. The summed E-state index contributed by atoms with van der Waals surface area (Å²) < 4.78 is 0. The fourth-order valence-electron chi connectivity index (χ4n) is 1.67. The monoisotopic (exact) mass is 180 g/mol. The average Bonchev–Trinajstić information content (AvgIpc) is 2.83. The van der Waals surface area contributed by atoms with E-state index in [-0.39, 0.29) is 5.54 Å². The molecule has 74 valence electrons. The molecule has 0 heterocycles. The van der Waals surface area contributed by atoms with E-state index in [0.717, 1.165) is 18.9 Å². The van der Waals surface area contributed by atoms with Crippen LogP contribution in [0.2, 0.25) is 0 Å². The lowest BCUT2D eigenvalue weighted by molar-refractivity contribution is 0.359. The van der Waals surface area contributed by atoms with Gasteiger partial charge in [-0.05, 0) is 44.6 Å². The molecule has 1 aliphatic carbocycles. The van der Waals surface area contributed by atoms with Crippen molar-refractivity contribution in [2.45, 2.75) is 45.6 Å². The normalized spacial score (nSPS) is 21.2. The molecule has 13 heavy (non-hydrogen) atoms. The maximum absolute atomic E-state index is 9.05. The van der Waals surface area contributed by atoms with Crippen molar-refractivity contribution in [2.75, 3.05) is 6.54 Å². The van der Waals surface area contributed by atoms with Gasteiger partial charge in [-0.1, -0.05) is 13.8 Å². The highest BCUT2D eigenvalue weighted by Crippen LogP contribution is 2.28. The molecule has 0 aromatic carbocycles. The highest BCUT2D eigenvalue weighted by molar-refractivity contribution is 5.04. The number of nitrogens with one attached hydrogen (secondary N) is 1. The number of nitriles is 1. The van der Waals surface area contributed by atoms with E-state index < -0.39 is 0 Å². The zero-order valence-electron chi connectivity index (χ0n) is 8.93. The lowest BCUT2D eigenvalue weighted by Crippen LogP contribution is -2.43. The summed E-state index contributed by atoms with van der Waals surface area (Å²) in [6, 6.07) is 2.38. The zero-order valence-corrected chi connectivity index (χ0v) is 8.93. The van der Waals surface area contributed by atoms with Crippen LogP contribution in [0.15, 0.2) is 0 Å². The molecular formula is C11H20N2. The maximum Gasteiger partial charge on any atom is 0.104 e. The van der Waals surface area contributed by atoms with Crippen LogP contribution in [0.3, 0.4) is 0 Å². The van der Waals surface area contributed by atoms with E-state index in [0.29, 0.717) is 5.92 Å². The quantitative estimate of drug-likeness (QED) is 0.704. The van der Waals surface area contributed by atoms with Gasteiger partial charge in [0.25, 0.3) is 0 Å². The molecule has 1 rings (SSSR count). The molecule has 1 unspecified atom stereocenters. The lowest BCUT2D eigenvalue weighted by Gasteiger charge is -2.25. The minimum atomic E-state index is -0.309. The van der Waals surface area contributed by atoms with Crippen molar-refractivity contribution in [1.29, 1.82) is 5.26 Å². The van der Waals surface area contributed by atoms with Crippen molar-refractivity contribution in [3.8, 4) is 6.07 Å². The summed E-state index contributed by atoms with van der Waals surface area (Å²) in [5.74, 6) is 1.43. The van der Waals surface area contributed by atoms with Crippen molar-refractivity contribution in [2.24, 2.45) is 11.8 Å². The summed E-state index contributed by atoms with van der Waals surface area (Å²) in [6.45, 7) is 7.36. The largest absolute Gasteiger partial charge is 0.299 e. The maximum atomic E-state index is 9.05. The van der Waals surface area contributed by atoms with Crippen LogP contribution in [0.1, 0.15) is 40.0 Å². The van der Waals surface area contributed by atoms with Crippen LogP contribution in [0.4, 0.5) is 0 Å². The Hall–Kier alpha value is -0.550. The number of rotatable bonds is 5. The van der Waals surface area contributed by atoms with E-state index >= 15 is 0 Å². The van der Waals surface area contributed by atoms with Crippen LogP contribution in [0, 0.1) is 23.2 Å². The van der Waals surface area contributed by atoms with Gasteiger partial charge in [-0.15, -0.1) is 0 Å². The summed E-state index contributed by atoms with van der Waals surface area (Å²) in [5, 5.41) is 12.4. The summed E-state index contributed by atoms with van der Waals surface area (Å²) in [6.07, 6.45) is 3.63. The van der Waals surface area contributed by atoms with Crippen LogP contribution >= 0.6 is 0 Å². The van der Waals surface area contributed by atoms with Crippen LogP contribution in [-0.4, -0.2) is 12.1 Å². The number of nitrogens with zero attached hydrogens (tertiary/aromatic N) is 1. The SMILES string of the molecule is CC(C)CC(C)(C#N)NCC1CC1. The van der Waals surface area contributed by atoms with Gasteiger partial charge in [0, 0.05) is 0 Å². The van der Waals surface area contributed by atoms with Crippen molar-refractivity contribution < 1.29 is 0 Å². The van der Waals surface area contributed by atoms with Gasteiger partial charge in [-0.25, -0.2) is 0 Å². The minimum absolute atomic E-state index is 0.309. The molecule has 0 aliphatic heterocycles. The summed E-state index contributed by atoms with van der Waals surface area (Å²) in [5.41, 5.74) is -0.309. The first-order valence-electron chi connectivity index (χ1n) is 5.22. The first kappa shape index (κ1) is 10.5. The Bertz CT molecular complexity index is 201. The minimum Gasteiger partial charge on any atom is -0.299 e. The van der Waals surface area contributed by atoms with Crippen molar-refractivity contribution >= 4 is 0 Å². The second-order valence-electron chi connectivity index (χ2n) is 4.87. The van der Waals surface area contributed by atoms with Gasteiger partial charge >= 0.3 is 0 Å². The molecule has 1 aliphatic rings. The average molecular weight is 180 g/mol. The topological polar surface area (TPSA) is 35.8 Å². The fourth-order valence-corrected chi connectivity index (χ4v) is 1.67. The highest BCUT2D eigenvalue weighted by atomic mass is 15.0. The van der Waals surface area contributed by atoms with Gasteiger partial charge < -0.3 is 0 Å². The predicted molar refractivity (Wildman–Crippen MR) is 54.2 cm³/mol. The van der Waals surface area contributed by atoms with Gasteiger partial charge in [0.2, 0.25) is 0 Å². The van der Waals surface area contributed by atoms with E-state index in [4.69, 9.17) is 5.26 Å². The van der Waals surface area contributed by atoms with Gasteiger partial charge in [0.1, 0.15) is 5.54 Å². The van der Waals surface area contributed by atoms with E-state index in [1.165, 1.54) is 12.8 Å². The van der Waals surface area contributed by atoms with Crippen LogP contribution in [0.5, 0.6) is 0 Å². The molecule has 2 nitrogen and oxygen atoms in total. The third-order valence-corrected chi connectivity index (χ3v) is 2.54. The molecular weight excluding hydrogens is 160 g/mol. The van der Waals surface area contributed by atoms with Gasteiger partial charge in [0.05, 0.1) is 6.07 Å². The van der Waals surface area contributed by atoms with E-state index in [2.05, 4.69) is 25.2 Å². The third-order valence-electron chi connectivity index (χ3n) is 2.54. The zero-order chi connectivity index (χ0) is 9.90. The molecule has 0 radical (unpaired) electrons. The first-order valence-corrected chi connectivity index (χ1v) is 5.22. The molecule has 0 spiro atoms. The lowest BCUT2D eigenvalue weighted by atomic mass is 9.92. The predicted octanol–water partition coefficient (Wildman–Crippen LogP) is 2.31. The van der Waals surface area contributed by atoms with E-state index in [1.807, 2.05) is 6.92 Å². The van der Waals surface area contributed by atoms with Gasteiger partial charge in [0.15, 0.2) is 0 Å². The molecule has 1 atom stereocenters. The first-order chi connectivity index (χ1) is 6.06. The number of hydrogen-bond acceptors (Lipinski definition) is 2. The van der Waals surface area contributed by atoms with E-state index in [1.54, 1.807) is 0 Å². The molecule has 0 saturated heterocycles. The Morgan fingerprint density at radius 1 is 1.54 bits per heavy atom. The Balaban J connectivity index is 2.33. The highest BCUT2D eigenvalue weighted by Gasteiger charge is 2.28. The summed E-state index contributed by atoms with van der Waals surface area (Å²) >= 11 is 0. The van der Waals surface area contributed by atoms with Crippen molar-refractivity contribution in [3.05, 3.63) is 0 Å². The van der Waals surface area contributed by atoms with E-state index in [9.17, 15) is 0 Å². The Kier molecular flexibility index (Phi) is 3.33. The fraction of sp³-hybridized carbons (Fsp3) is 0.909. The van der Waals surface area contributed by atoms with Crippen LogP contribution < -0.4 is 5.32 Å². The Labute approximate surface area is 81.3 Å². The van der Waals surface area contributed by atoms with Crippen molar-refractivity contribution in [3.63, 3.8) is 0 Å². The number of hydrogen-bond donors (Lipinski definition) is 1. The second kappa shape index (κ2) is 4.11. The molecule has 0 aromatic rings. The van der Waals surface area contributed by atoms with Crippen LogP contribution in [-0.2, 0) is 0 Å². The Morgan fingerprint density at radius 2 is 2.15 bits per heavy atom. The van der Waals surface area contributed by atoms with Crippen molar-refractivity contribution in [1.82, 2.24) is 5.32 Å². The smallest absolute Gasteiger partial charge is 0.104 e. The molecule has 1 fully saturated rings. The van der Waals surface area contributed by atoms with Crippen LogP contribution in [0.25, 0.3) is 0 Å². The molecule has 2 heteroatoms. The molecule has 0 bridgehead atoms. The van der Waals surface area contributed by atoms with Gasteiger partial charge in [-0.2, -0.15) is 5.26 Å². The molecule has 1 saturated carbocycles. The molecule has 1 N–H and O–H groups in total. The van der Waals surface area contributed by atoms with Gasteiger partial charge in [-0.3, -0.25) is 5.32 Å². The molecule has 0 amide bonds. The second-order valence-corrected chi connectivity index (χ2v) is 4.87. The Morgan fingerprint density at radius 3 is 2.54 bits per heavy atom.